The molecule has 8 nitrogen and oxygen atoms in total. The van der Waals surface area contributed by atoms with Crippen LogP contribution in [-0.2, 0) is 15.0 Å². The summed E-state index contributed by atoms with van der Waals surface area (Å²) in [7, 11) is 0. The highest BCUT2D eigenvalue weighted by Gasteiger charge is 2.34. The molecule has 1 aromatic carbocycles. The Morgan fingerprint density at radius 3 is 2.77 bits per heavy atom. The Bertz CT molecular complexity index is 892. The molecule has 0 radical (unpaired) electrons. The van der Waals surface area contributed by atoms with Crippen LogP contribution in [0.5, 0.6) is 0 Å². The second kappa shape index (κ2) is 8.49. The van der Waals surface area contributed by atoms with E-state index in [2.05, 4.69) is 10.5 Å². The third-order valence-electron chi connectivity index (χ3n) is 4.93. The molecule has 1 amide bonds. The lowest BCUT2D eigenvalue weighted by Gasteiger charge is -2.31. The van der Waals surface area contributed by atoms with Crippen LogP contribution in [-0.4, -0.2) is 58.9 Å². The van der Waals surface area contributed by atoms with Crippen molar-refractivity contribution in [1.82, 2.24) is 15.4 Å². The minimum atomic E-state index is -1.03. The zero-order valence-corrected chi connectivity index (χ0v) is 18.1. The molecule has 3 rings (SSSR count). The number of carbonyl (C=O) groups excluding carboxylic acids is 1. The van der Waals surface area contributed by atoms with Crippen molar-refractivity contribution >= 4 is 17.1 Å². The van der Waals surface area contributed by atoms with E-state index in [9.17, 15) is 14.3 Å². The summed E-state index contributed by atoms with van der Waals surface area (Å²) in [5.74, 6) is -0.489. The number of rotatable bonds is 4. The summed E-state index contributed by atoms with van der Waals surface area (Å²) in [6.45, 7) is 10.2. The van der Waals surface area contributed by atoms with E-state index in [0.29, 0.717) is 30.6 Å². The van der Waals surface area contributed by atoms with Gasteiger partial charge >= 0.3 is 6.09 Å². The van der Waals surface area contributed by atoms with Gasteiger partial charge in [-0.2, -0.15) is 0 Å². The van der Waals surface area contributed by atoms with Gasteiger partial charge in [-0.05, 0) is 53.2 Å². The lowest BCUT2D eigenvalue weighted by Crippen LogP contribution is -2.50. The van der Waals surface area contributed by atoms with Gasteiger partial charge in [0.2, 0.25) is 5.58 Å². The van der Waals surface area contributed by atoms with Gasteiger partial charge in [0, 0.05) is 18.5 Å². The summed E-state index contributed by atoms with van der Waals surface area (Å²) >= 11 is 0. The Balaban J connectivity index is 1.65. The molecular formula is C21H30FN3O5. The average molecular weight is 423 g/mol. The van der Waals surface area contributed by atoms with Crippen LogP contribution in [0.2, 0.25) is 0 Å². The maximum absolute atomic E-state index is 13.9. The smallest absolute Gasteiger partial charge is 0.410 e. The standard InChI is InChI=1S/C21H30FN3O5/c1-20(2,3)29-19(27)25-10-9-15(28-12-11-25)18(26)23-21(4,5)17-13-7-6-8-14(22)16(13)30-24-17/h6-8,15,18,23,26H,9-12H2,1-5H3. The number of nitrogens with zero attached hydrogens (tertiary/aromatic N) is 2. The number of carbonyl (C=O) groups is 1. The molecule has 2 unspecified atom stereocenters. The van der Waals surface area contributed by atoms with E-state index in [1.807, 2.05) is 34.6 Å². The predicted octanol–water partition coefficient (Wildman–Crippen LogP) is 3.14. The molecule has 0 saturated carbocycles. The first-order valence-corrected chi connectivity index (χ1v) is 10.1. The number of amides is 1. The number of hydrogen-bond acceptors (Lipinski definition) is 7. The molecule has 1 fully saturated rings. The zero-order chi connectivity index (χ0) is 22.1. The van der Waals surface area contributed by atoms with Crippen LogP contribution in [0.25, 0.3) is 11.0 Å². The van der Waals surface area contributed by atoms with Crippen LogP contribution in [0.3, 0.4) is 0 Å². The first-order valence-electron chi connectivity index (χ1n) is 10.1. The second-order valence-electron chi connectivity index (χ2n) is 9.03. The third-order valence-corrected chi connectivity index (χ3v) is 4.93. The molecule has 9 heteroatoms. The van der Waals surface area contributed by atoms with Crippen LogP contribution in [0.4, 0.5) is 9.18 Å². The summed E-state index contributed by atoms with van der Waals surface area (Å²) in [5, 5.41) is 18.4. The minimum Gasteiger partial charge on any atom is -0.444 e. The number of halogens is 1. The molecule has 0 spiro atoms. The molecular weight excluding hydrogens is 393 g/mol. The first kappa shape index (κ1) is 22.5. The number of benzene rings is 1. The van der Waals surface area contributed by atoms with Crippen molar-refractivity contribution in [2.45, 2.75) is 64.5 Å². The highest BCUT2D eigenvalue weighted by Crippen LogP contribution is 2.30. The Morgan fingerprint density at radius 2 is 2.07 bits per heavy atom. The van der Waals surface area contributed by atoms with Crippen LogP contribution >= 0.6 is 0 Å². The molecule has 1 aromatic heterocycles. The monoisotopic (exact) mass is 423 g/mol. The Morgan fingerprint density at radius 1 is 1.33 bits per heavy atom. The third kappa shape index (κ3) is 5.08. The highest BCUT2D eigenvalue weighted by molar-refractivity contribution is 5.80. The molecule has 2 N–H and O–H groups in total. The zero-order valence-electron chi connectivity index (χ0n) is 18.1. The van der Waals surface area contributed by atoms with E-state index in [1.165, 1.54) is 6.07 Å². The molecule has 2 aromatic rings. The second-order valence-corrected chi connectivity index (χ2v) is 9.03. The van der Waals surface area contributed by atoms with Crippen molar-refractivity contribution in [2.75, 3.05) is 19.7 Å². The normalized spacial score (nSPS) is 19.6. The summed E-state index contributed by atoms with van der Waals surface area (Å²) < 4.78 is 30.3. The fourth-order valence-electron chi connectivity index (χ4n) is 3.46. The van der Waals surface area contributed by atoms with Gasteiger partial charge in [-0.1, -0.05) is 11.2 Å². The molecule has 166 valence electrons. The topological polar surface area (TPSA) is 97.1 Å². The summed E-state index contributed by atoms with van der Waals surface area (Å²) in [6, 6.07) is 4.62. The van der Waals surface area contributed by atoms with Gasteiger partial charge in [-0.3, -0.25) is 5.32 Å². The summed E-state index contributed by atoms with van der Waals surface area (Å²) in [5.41, 5.74) is -0.830. The van der Waals surface area contributed by atoms with Crippen molar-refractivity contribution in [2.24, 2.45) is 0 Å². The molecule has 1 aliphatic heterocycles. The molecule has 2 atom stereocenters. The highest BCUT2D eigenvalue weighted by atomic mass is 19.1. The van der Waals surface area contributed by atoms with Gasteiger partial charge in [0.25, 0.3) is 0 Å². The van der Waals surface area contributed by atoms with Crippen molar-refractivity contribution in [3.63, 3.8) is 0 Å². The fourth-order valence-corrected chi connectivity index (χ4v) is 3.46. The number of ether oxygens (including phenoxy) is 2. The van der Waals surface area contributed by atoms with E-state index in [0.717, 1.165) is 0 Å². The van der Waals surface area contributed by atoms with E-state index in [4.69, 9.17) is 14.0 Å². The van der Waals surface area contributed by atoms with Crippen molar-refractivity contribution in [3.8, 4) is 0 Å². The summed E-state index contributed by atoms with van der Waals surface area (Å²) in [4.78, 5) is 13.9. The van der Waals surface area contributed by atoms with E-state index >= 15 is 0 Å². The minimum absolute atomic E-state index is 0.0792. The van der Waals surface area contributed by atoms with Crippen molar-refractivity contribution in [3.05, 3.63) is 29.7 Å². The van der Waals surface area contributed by atoms with Crippen LogP contribution in [0, 0.1) is 5.82 Å². The van der Waals surface area contributed by atoms with Crippen molar-refractivity contribution < 1.29 is 28.3 Å². The van der Waals surface area contributed by atoms with Gasteiger partial charge in [0.15, 0.2) is 5.82 Å². The molecule has 1 aliphatic rings. The van der Waals surface area contributed by atoms with Gasteiger partial charge < -0.3 is 24.0 Å². The van der Waals surface area contributed by atoms with Crippen LogP contribution in [0.15, 0.2) is 22.7 Å². The van der Waals surface area contributed by atoms with Crippen LogP contribution in [0.1, 0.15) is 46.7 Å². The number of aliphatic hydroxyl groups excluding tert-OH is 1. The number of aromatic nitrogens is 1. The first-order chi connectivity index (χ1) is 14.0. The maximum atomic E-state index is 13.9. The molecule has 2 heterocycles. The summed E-state index contributed by atoms with van der Waals surface area (Å²) in [6.07, 6.45) is -1.53. The predicted molar refractivity (Wildman–Crippen MR) is 108 cm³/mol. The van der Waals surface area contributed by atoms with Crippen LogP contribution < -0.4 is 5.32 Å². The Kier molecular flexibility index (Phi) is 6.35. The number of nitrogens with one attached hydrogen (secondary N) is 1. The molecule has 0 bridgehead atoms. The number of aliphatic hydroxyl groups is 1. The van der Waals surface area contributed by atoms with Gasteiger partial charge in [-0.25, -0.2) is 9.18 Å². The van der Waals surface area contributed by atoms with E-state index < -0.39 is 35.4 Å². The quantitative estimate of drug-likeness (QED) is 0.729. The lowest BCUT2D eigenvalue weighted by molar-refractivity contribution is -0.0582. The van der Waals surface area contributed by atoms with Gasteiger partial charge in [0.1, 0.15) is 17.5 Å². The molecule has 30 heavy (non-hydrogen) atoms. The average Bonchev–Trinajstić information content (AvgIpc) is 2.92. The van der Waals surface area contributed by atoms with E-state index in [1.54, 1.807) is 17.0 Å². The SMILES string of the molecule is CC(C)(C)OC(=O)N1CCOC(C(O)NC(C)(C)c2noc3c(F)cccc23)CC1. The number of para-hydroxylation sites is 1. The largest absolute Gasteiger partial charge is 0.444 e. The van der Waals surface area contributed by atoms with Gasteiger partial charge in [0.05, 0.1) is 18.2 Å². The fraction of sp³-hybridized carbons (Fsp3) is 0.619. The van der Waals surface area contributed by atoms with E-state index in [-0.39, 0.29) is 12.2 Å². The lowest BCUT2D eigenvalue weighted by atomic mass is 9.96. The molecule has 1 saturated heterocycles. The van der Waals surface area contributed by atoms with Crippen molar-refractivity contribution in [1.29, 1.82) is 0 Å². The Labute approximate surface area is 175 Å². The number of hydrogen-bond donors (Lipinski definition) is 2. The number of fused-ring (bicyclic) bond motifs is 1. The molecule has 0 aliphatic carbocycles. The van der Waals surface area contributed by atoms with Gasteiger partial charge in [-0.15, -0.1) is 0 Å². The maximum Gasteiger partial charge on any atom is 0.410 e. The Hall–Kier alpha value is -2.23.